The third-order valence-electron chi connectivity index (χ3n) is 4.33. The van der Waals surface area contributed by atoms with E-state index in [-0.39, 0.29) is 17.2 Å². The van der Waals surface area contributed by atoms with E-state index in [0.29, 0.717) is 44.1 Å². The molecule has 1 N–H and O–H groups in total. The molecule has 2 heterocycles. The Labute approximate surface area is 185 Å². The van der Waals surface area contributed by atoms with Crippen molar-refractivity contribution < 1.29 is 4.79 Å². The number of hydrogen-bond donors (Lipinski definition) is 1. The fraction of sp³-hybridized carbons (Fsp3) is 0.100. The van der Waals surface area contributed by atoms with Gasteiger partial charge in [0.25, 0.3) is 5.56 Å². The molecule has 4 aromatic rings. The van der Waals surface area contributed by atoms with E-state index in [2.05, 4.69) is 22.1 Å². The molecular weight excluding hydrogens is 445 g/mol. The quantitative estimate of drug-likeness (QED) is 0.344. The van der Waals surface area contributed by atoms with Crippen LogP contribution in [0.1, 0.15) is 0 Å². The number of carbonyl (C=O) groups excluding carboxylic acids is 1. The monoisotopic (exact) mass is 459 g/mol. The summed E-state index contributed by atoms with van der Waals surface area (Å²) >= 11 is 13.2. The van der Waals surface area contributed by atoms with Crippen molar-refractivity contribution in [2.45, 2.75) is 11.7 Å². The standard InChI is InChI=1S/C20H15Cl2N5O2S/c1-2-9-26-18(29)13-5-3-4-6-16(13)27-19(26)24-25-20(27)30-11-17(28)23-15-8-7-12(21)10-14(15)22/h2-8,10H,1,9,11H2,(H,23,28). The van der Waals surface area contributed by atoms with E-state index in [1.54, 1.807) is 40.8 Å². The second-order valence-corrected chi connectivity index (χ2v) is 8.09. The zero-order valence-electron chi connectivity index (χ0n) is 15.5. The molecule has 0 aliphatic carbocycles. The molecule has 0 saturated carbocycles. The molecule has 0 aliphatic rings. The van der Waals surface area contributed by atoms with Crippen LogP contribution in [-0.2, 0) is 11.3 Å². The molecule has 30 heavy (non-hydrogen) atoms. The topological polar surface area (TPSA) is 81.3 Å². The van der Waals surface area contributed by atoms with E-state index < -0.39 is 0 Å². The minimum atomic E-state index is -0.260. The van der Waals surface area contributed by atoms with Gasteiger partial charge in [0.2, 0.25) is 11.7 Å². The van der Waals surface area contributed by atoms with Crippen LogP contribution in [-0.4, -0.2) is 30.8 Å². The minimum absolute atomic E-state index is 0.0780. The number of nitrogens with zero attached hydrogens (tertiary/aromatic N) is 4. The Morgan fingerprint density at radius 1 is 1.20 bits per heavy atom. The Kier molecular flexibility index (Phi) is 5.80. The second-order valence-electron chi connectivity index (χ2n) is 6.30. The first-order valence-corrected chi connectivity index (χ1v) is 10.6. The molecule has 0 atom stereocenters. The zero-order chi connectivity index (χ0) is 21.3. The molecule has 0 fully saturated rings. The molecular formula is C20H15Cl2N5O2S. The number of para-hydroxylation sites is 1. The first-order valence-electron chi connectivity index (χ1n) is 8.85. The first kappa shape index (κ1) is 20.5. The highest BCUT2D eigenvalue weighted by atomic mass is 35.5. The van der Waals surface area contributed by atoms with Gasteiger partial charge in [0.1, 0.15) is 0 Å². The van der Waals surface area contributed by atoms with Crippen LogP contribution in [0.3, 0.4) is 0 Å². The van der Waals surface area contributed by atoms with Crippen molar-refractivity contribution in [3.63, 3.8) is 0 Å². The molecule has 0 aliphatic heterocycles. The van der Waals surface area contributed by atoms with Gasteiger partial charge in [-0.2, -0.15) is 0 Å². The van der Waals surface area contributed by atoms with Crippen LogP contribution in [0.2, 0.25) is 10.0 Å². The minimum Gasteiger partial charge on any atom is -0.324 e. The molecule has 0 unspecified atom stereocenters. The number of benzene rings is 2. The highest BCUT2D eigenvalue weighted by molar-refractivity contribution is 7.99. The number of thioether (sulfide) groups is 1. The summed E-state index contributed by atoms with van der Waals surface area (Å²) in [6.45, 7) is 4.01. The molecule has 0 saturated heterocycles. The molecule has 2 aromatic carbocycles. The molecule has 0 radical (unpaired) electrons. The highest BCUT2D eigenvalue weighted by Crippen LogP contribution is 2.26. The Morgan fingerprint density at radius 3 is 2.77 bits per heavy atom. The highest BCUT2D eigenvalue weighted by Gasteiger charge is 2.17. The molecule has 1 amide bonds. The lowest BCUT2D eigenvalue weighted by atomic mass is 10.2. The lowest BCUT2D eigenvalue weighted by Crippen LogP contribution is -2.22. The Morgan fingerprint density at radius 2 is 2.00 bits per heavy atom. The molecule has 2 aromatic heterocycles. The predicted octanol–water partition coefficient (Wildman–Crippen LogP) is 4.27. The van der Waals surface area contributed by atoms with Gasteiger partial charge in [-0.3, -0.25) is 18.6 Å². The Hall–Kier alpha value is -2.81. The third kappa shape index (κ3) is 3.81. The average molecular weight is 460 g/mol. The van der Waals surface area contributed by atoms with Gasteiger partial charge in [-0.05, 0) is 30.3 Å². The van der Waals surface area contributed by atoms with Gasteiger partial charge in [0.05, 0.1) is 27.4 Å². The van der Waals surface area contributed by atoms with Gasteiger partial charge in [0.15, 0.2) is 5.16 Å². The number of hydrogen-bond acceptors (Lipinski definition) is 5. The molecule has 0 bridgehead atoms. The van der Waals surface area contributed by atoms with Gasteiger partial charge in [0, 0.05) is 11.6 Å². The fourth-order valence-electron chi connectivity index (χ4n) is 3.03. The number of carbonyl (C=O) groups is 1. The fourth-order valence-corrected chi connectivity index (χ4v) is 4.22. The summed E-state index contributed by atoms with van der Waals surface area (Å²) in [6.07, 6.45) is 1.63. The maximum atomic E-state index is 12.8. The van der Waals surface area contributed by atoms with Crippen LogP contribution in [0.4, 0.5) is 5.69 Å². The van der Waals surface area contributed by atoms with Crippen LogP contribution in [0.25, 0.3) is 16.7 Å². The summed E-state index contributed by atoms with van der Waals surface area (Å²) in [5.74, 6) is 0.209. The lowest BCUT2D eigenvalue weighted by Gasteiger charge is -2.10. The van der Waals surface area contributed by atoms with Gasteiger partial charge < -0.3 is 5.32 Å². The molecule has 4 rings (SSSR count). The number of aromatic nitrogens is 4. The van der Waals surface area contributed by atoms with E-state index in [4.69, 9.17) is 23.2 Å². The van der Waals surface area contributed by atoms with E-state index in [9.17, 15) is 9.59 Å². The average Bonchev–Trinajstić information content (AvgIpc) is 3.16. The number of nitrogens with one attached hydrogen (secondary N) is 1. The SMILES string of the molecule is C=CCn1c(=O)c2ccccc2n2c(SCC(=O)Nc3ccc(Cl)cc3Cl)nnc12. The van der Waals surface area contributed by atoms with E-state index in [1.165, 1.54) is 16.3 Å². The number of rotatable bonds is 6. The zero-order valence-corrected chi connectivity index (χ0v) is 17.8. The number of fused-ring (bicyclic) bond motifs is 3. The summed E-state index contributed by atoms with van der Waals surface area (Å²) < 4.78 is 3.27. The maximum Gasteiger partial charge on any atom is 0.263 e. The van der Waals surface area contributed by atoms with Crippen LogP contribution in [0.5, 0.6) is 0 Å². The van der Waals surface area contributed by atoms with E-state index in [1.807, 2.05) is 12.1 Å². The summed E-state index contributed by atoms with van der Waals surface area (Å²) in [5.41, 5.74) is 0.978. The number of amides is 1. The van der Waals surface area contributed by atoms with Crippen LogP contribution in [0.15, 0.2) is 65.1 Å². The number of halogens is 2. The Balaban J connectivity index is 1.66. The van der Waals surface area contributed by atoms with Gasteiger partial charge in [-0.25, -0.2) is 0 Å². The van der Waals surface area contributed by atoms with Crippen molar-refractivity contribution >= 4 is 63.2 Å². The largest absolute Gasteiger partial charge is 0.324 e. The van der Waals surface area contributed by atoms with Gasteiger partial charge in [-0.15, -0.1) is 16.8 Å². The van der Waals surface area contributed by atoms with Crippen molar-refractivity contribution in [1.29, 1.82) is 0 Å². The summed E-state index contributed by atoms with van der Waals surface area (Å²) in [6, 6.07) is 12.1. The number of anilines is 1. The third-order valence-corrected chi connectivity index (χ3v) is 5.80. The molecule has 7 nitrogen and oxygen atoms in total. The Bertz CT molecular complexity index is 1350. The second kappa shape index (κ2) is 8.51. The van der Waals surface area contributed by atoms with Crippen molar-refractivity contribution in [2.75, 3.05) is 11.1 Å². The van der Waals surface area contributed by atoms with Crippen molar-refractivity contribution in [3.05, 3.63) is 75.5 Å². The smallest absolute Gasteiger partial charge is 0.263 e. The summed E-state index contributed by atoms with van der Waals surface area (Å²) in [5, 5.41) is 13.0. The summed E-state index contributed by atoms with van der Waals surface area (Å²) in [7, 11) is 0. The van der Waals surface area contributed by atoms with Gasteiger partial charge >= 0.3 is 0 Å². The van der Waals surface area contributed by atoms with Crippen LogP contribution in [0, 0.1) is 0 Å². The van der Waals surface area contributed by atoms with E-state index >= 15 is 0 Å². The van der Waals surface area contributed by atoms with E-state index in [0.717, 1.165) is 0 Å². The van der Waals surface area contributed by atoms with Crippen molar-refractivity contribution in [3.8, 4) is 0 Å². The lowest BCUT2D eigenvalue weighted by molar-refractivity contribution is -0.113. The summed E-state index contributed by atoms with van der Waals surface area (Å²) in [4.78, 5) is 25.2. The van der Waals surface area contributed by atoms with Crippen LogP contribution < -0.4 is 10.9 Å². The first-order chi connectivity index (χ1) is 14.5. The van der Waals surface area contributed by atoms with Crippen molar-refractivity contribution in [1.82, 2.24) is 19.2 Å². The predicted molar refractivity (Wildman–Crippen MR) is 121 cm³/mol. The van der Waals surface area contributed by atoms with Gasteiger partial charge in [-0.1, -0.05) is 53.2 Å². The number of allylic oxidation sites excluding steroid dienone is 1. The van der Waals surface area contributed by atoms with Crippen LogP contribution >= 0.6 is 35.0 Å². The molecule has 0 spiro atoms. The van der Waals surface area contributed by atoms with Crippen molar-refractivity contribution in [2.24, 2.45) is 0 Å². The molecule has 10 heteroatoms. The normalized spacial score (nSPS) is 11.1. The maximum absolute atomic E-state index is 12.8. The molecule has 152 valence electrons.